The SMILES string of the molecule is Cc1ccc(CNc2cc(F)ncn2)cc1. The van der Waals surface area contributed by atoms with E-state index in [0.29, 0.717) is 12.4 Å². The van der Waals surface area contributed by atoms with Crippen molar-refractivity contribution in [2.24, 2.45) is 0 Å². The van der Waals surface area contributed by atoms with Crippen LogP contribution in [-0.2, 0) is 6.54 Å². The van der Waals surface area contributed by atoms with E-state index >= 15 is 0 Å². The molecule has 0 saturated heterocycles. The Hall–Kier alpha value is -1.97. The zero-order valence-corrected chi connectivity index (χ0v) is 8.94. The molecule has 0 aliphatic carbocycles. The second-order valence-electron chi connectivity index (χ2n) is 3.57. The molecular formula is C12H12FN3. The van der Waals surface area contributed by atoms with Crippen LogP contribution >= 0.6 is 0 Å². The van der Waals surface area contributed by atoms with Crippen LogP contribution in [0.5, 0.6) is 0 Å². The zero-order valence-electron chi connectivity index (χ0n) is 8.94. The molecule has 2 aromatic rings. The molecule has 3 nitrogen and oxygen atoms in total. The molecule has 0 saturated carbocycles. The van der Waals surface area contributed by atoms with Gasteiger partial charge in [-0.15, -0.1) is 0 Å². The zero-order chi connectivity index (χ0) is 11.4. The van der Waals surface area contributed by atoms with Crippen molar-refractivity contribution in [3.05, 3.63) is 53.7 Å². The van der Waals surface area contributed by atoms with Crippen molar-refractivity contribution in [2.75, 3.05) is 5.32 Å². The molecule has 0 aliphatic heterocycles. The van der Waals surface area contributed by atoms with Gasteiger partial charge in [0.1, 0.15) is 12.1 Å². The number of aryl methyl sites for hydroxylation is 1. The molecule has 1 heterocycles. The van der Waals surface area contributed by atoms with Crippen LogP contribution in [0.4, 0.5) is 10.2 Å². The standard InChI is InChI=1S/C12H12FN3/c1-9-2-4-10(5-3-9)7-14-12-6-11(13)15-8-16-12/h2-6,8H,7H2,1H3,(H,14,15,16). The minimum absolute atomic E-state index is 0.494. The van der Waals surface area contributed by atoms with Crippen LogP contribution in [0.15, 0.2) is 36.7 Å². The maximum atomic E-state index is 12.8. The maximum absolute atomic E-state index is 12.8. The molecule has 0 aliphatic rings. The maximum Gasteiger partial charge on any atom is 0.217 e. The molecule has 0 amide bonds. The lowest BCUT2D eigenvalue weighted by atomic mass is 10.1. The summed E-state index contributed by atoms with van der Waals surface area (Å²) in [6.07, 6.45) is 1.20. The first kappa shape index (κ1) is 10.5. The van der Waals surface area contributed by atoms with E-state index < -0.39 is 5.95 Å². The van der Waals surface area contributed by atoms with E-state index in [-0.39, 0.29) is 0 Å². The molecule has 82 valence electrons. The normalized spacial score (nSPS) is 10.1. The number of nitrogens with one attached hydrogen (secondary N) is 1. The number of nitrogens with zero attached hydrogens (tertiary/aromatic N) is 2. The molecule has 0 fully saturated rings. The summed E-state index contributed by atoms with van der Waals surface area (Å²) < 4.78 is 12.8. The van der Waals surface area contributed by atoms with Crippen molar-refractivity contribution in [1.29, 1.82) is 0 Å². The minimum Gasteiger partial charge on any atom is -0.366 e. The molecule has 1 aromatic carbocycles. The summed E-state index contributed by atoms with van der Waals surface area (Å²) in [7, 11) is 0. The molecule has 0 spiro atoms. The van der Waals surface area contributed by atoms with E-state index in [2.05, 4.69) is 15.3 Å². The van der Waals surface area contributed by atoms with Gasteiger partial charge >= 0.3 is 0 Å². The van der Waals surface area contributed by atoms with E-state index in [1.807, 2.05) is 31.2 Å². The predicted octanol–water partition coefficient (Wildman–Crippen LogP) is 2.54. The number of hydrogen-bond acceptors (Lipinski definition) is 3. The smallest absolute Gasteiger partial charge is 0.217 e. The monoisotopic (exact) mass is 217 g/mol. The Kier molecular flexibility index (Phi) is 3.10. The minimum atomic E-state index is -0.526. The summed E-state index contributed by atoms with van der Waals surface area (Å²) in [6, 6.07) is 9.41. The number of halogens is 1. The molecule has 16 heavy (non-hydrogen) atoms. The van der Waals surface area contributed by atoms with Crippen molar-refractivity contribution in [1.82, 2.24) is 9.97 Å². The fourth-order valence-corrected chi connectivity index (χ4v) is 1.33. The molecule has 0 atom stereocenters. The molecule has 1 aromatic heterocycles. The number of aromatic nitrogens is 2. The van der Waals surface area contributed by atoms with Crippen molar-refractivity contribution in [2.45, 2.75) is 13.5 Å². The Bertz CT molecular complexity index is 468. The number of benzene rings is 1. The lowest BCUT2D eigenvalue weighted by molar-refractivity contribution is 0.580. The highest BCUT2D eigenvalue weighted by molar-refractivity contribution is 5.34. The Morgan fingerprint density at radius 3 is 2.62 bits per heavy atom. The fraction of sp³-hybridized carbons (Fsp3) is 0.167. The Balaban J connectivity index is 1.99. The average molecular weight is 217 g/mol. The van der Waals surface area contributed by atoms with Crippen LogP contribution in [0.1, 0.15) is 11.1 Å². The molecular weight excluding hydrogens is 205 g/mol. The Labute approximate surface area is 93.4 Å². The van der Waals surface area contributed by atoms with Gasteiger partial charge in [-0.2, -0.15) is 4.39 Å². The van der Waals surface area contributed by atoms with E-state index in [4.69, 9.17) is 0 Å². The number of hydrogen-bond donors (Lipinski definition) is 1. The van der Waals surface area contributed by atoms with E-state index in [1.165, 1.54) is 18.0 Å². The van der Waals surface area contributed by atoms with Gasteiger partial charge < -0.3 is 5.32 Å². The fourth-order valence-electron chi connectivity index (χ4n) is 1.33. The van der Waals surface area contributed by atoms with Crippen LogP contribution < -0.4 is 5.32 Å². The van der Waals surface area contributed by atoms with Crippen LogP contribution in [0.3, 0.4) is 0 Å². The number of anilines is 1. The van der Waals surface area contributed by atoms with Crippen LogP contribution in [-0.4, -0.2) is 9.97 Å². The lowest BCUT2D eigenvalue weighted by Gasteiger charge is -2.05. The summed E-state index contributed by atoms with van der Waals surface area (Å²) >= 11 is 0. The topological polar surface area (TPSA) is 37.8 Å². The van der Waals surface area contributed by atoms with Gasteiger partial charge in [-0.3, -0.25) is 0 Å². The summed E-state index contributed by atoms with van der Waals surface area (Å²) in [4.78, 5) is 7.30. The highest BCUT2D eigenvalue weighted by Gasteiger charge is 1.97. The van der Waals surface area contributed by atoms with Crippen LogP contribution in [0.25, 0.3) is 0 Å². The molecule has 0 radical (unpaired) electrons. The van der Waals surface area contributed by atoms with E-state index in [9.17, 15) is 4.39 Å². The van der Waals surface area contributed by atoms with Crippen LogP contribution in [0.2, 0.25) is 0 Å². The third kappa shape index (κ3) is 2.76. The lowest BCUT2D eigenvalue weighted by Crippen LogP contribution is -2.02. The first-order chi connectivity index (χ1) is 7.74. The van der Waals surface area contributed by atoms with Gasteiger partial charge in [-0.25, -0.2) is 9.97 Å². The average Bonchev–Trinajstić information content (AvgIpc) is 2.28. The highest BCUT2D eigenvalue weighted by atomic mass is 19.1. The molecule has 0 unspecified atom stereocenters. The first-order valence-corrected chi connectivity index (χ1v) is 5.01. The van der Waals surface area contributed by atoms with Gasteiger partial charge in [-0.05, 0) is 12.5 Å². The molecule has 0 bridgehead atoms. The van der Waals surface area contributed by atoms with Gasteiger partial charge in [-0.1, -0.05) is 29.8 Å². The molecule has 1 N–H and O–H groups in total. The number of rotatable bonds is 3. The highest BCUT2D eigenvalue weighted by Crippen LogP contribution is 2.07. The van der Waals surface area contributed by atoms with Crippen molar-refractivity contribution in [3.8, 4) is 0 Å². The summed E-state index contributed by atoms with van der Waals surface area (Å²) in [5.41, 5.74) is 2.35. The first-order valence-electron chi connectivity index (χ1n) is 5.01. The van der Waals surface area contributed by atoms with E-state index in [1.54, 1.807) is 0 Å². The second kappa shape index (κ2) is 4.70. The quantitative estimate of drug-likeness (QED) is 0.803. The van der Waals surface area contributed by atoms with Crippen molar-refractivity contribution >= 4 is 5.82 Å². The Morgan fingerprint density at radius 1 is 1.19 bits per heavy atom. The summed E-state index contributed by atoms with van der Waals surface area (Å²) in [5.74, 6) is -0.0329. The Morgan fingerprint density at radius 2 is 1.94 bits per heavy atom. The van der Waals surface area contributed by atoms with Gasteiger partial charge in [0.25, 0.3) is 0 Å². The van der Waals surface area contributed by atoms with Gasteiger partial charge in [0, 0.05) is 12.6 Å². The van der Waals surface area contributed by atoms with Gasteiger partial charge in [0.05, 0.1) is 0 Å². The second-order valence-corrected chi connectivity index (χ2v) is 3.57. The third-order valence-corrected chi connectivity index (χ3v) is 2.23. The largest absolute Gasteiger partial charge is 0.366 e. The van der Waals surface area contributed by atoms with Gasteiger partial charge in [0.2, 0.25) is 5.95 Å². The summed E-state index contributed by atoms with van der Waals surface area (Å²) in [5, 5.41) is 3.03. The van der Waals surface area contributed by atoms with Crippen molar-refractivity contribution < 1.29 is 4.39 Å². The molecule has 4 heteroatoms. The third-order valence-electron chi connectivity index (χ3n) is 2.23. The van der Waals surface area contributed by atoms with Crippen LogP contribution in [0, 0.1) is 12.9 Å². The predicted molar refractivity (Wildman–Crippen MR) is 60.5 cm³/mol. The molecule has 2 rings (SSSR count). The van der Waals surface area contributed by atoms with E-state index in [0.717, 1.165) is 5.56 Å². The van der Waals surface area contributed by atoms with Gasteiger partial charge in [0.15, 0.2) is 0 Å². The summed E-state index contributed by atoms with van der Waals surface area (Å²) in [6.45, 7) is 2.66. The van der Waals surface area contributed by atoms with Crippen molar-refractivity contribution in [3.63, 3.8) is 0 Å².